The van der Waals surface area contributed by atoms with Crippen LogP contribution in [0.5, 0.6) is 0 Å². The summed E-state index contributed by atoms with van der Waals surface area (Å²) in [6.07, 6.45) is 2.74. The van der Waals surface area contributed by atoms with Gasteiger partial charge in [-0.1, -0.05) is 30.3 Å². The third kappa shape index (κ3) is 4.19. The highest BCUT2D eigenvalue weighted by molar-refractivity contribution is 5.93. The van der Waals surface area contributed by atoms with Crippen molar-refractivity contribution in [2.24, 2.45) is 0 Å². The van der Waals surface area contributed by atoms with E-state index in [-0.39, 0.29) is 5.91 Å². The Kier molecular flexibility index (Phi) is 4.64. The van der Waals surface area contributed by atoms with E-state index in [1.54, 1.807) is 31.5 Å². The molecule has 2 aromatic rings. The van der Waals surface area contributed by atoms with Crippen LogP contribution < -0.4 is 5.32 Å². The largest absolute Gasteiger partial charge is 0.364 e. The summed E-state index contributed by atoms with van der Waals surface area (Å²) in [5, 5.41) is 2.75. The van der Waals surface area contributed by atoms with E-state index < -0.39 is 6.10 Å². The summed E-state index contributed by atoms with van der Waals surface area (Å²) in [4.78, 5) is 15.8. The first kappa shape index (κ1) is 13.2. The van der Waals surface area contributed by atoms with Gasteiger partial charge in [0.2, 0.25) is 0 Å². The molecule has 0 saturated carbocycles. The van der Waals surface area contributed by atoms with Crippen LogP contribution >= 0.6 is 0 Å². The maximum Gasteiger partial charge on any atom is 0.253 e. The first-order valence-electron chi connectivity index (χ1n) is 6.12. The quantitative estimate of drug-likeness (QED) is 0.894. The molecule has 0 bridgehead atoms. The van der Waals surface area contributed by atoms with Crippen molar-refractivity contribution >= 4 is 11.6 Å². The van der Waals surface area contributed by atoms with Crippen LogP contribution in [-0.2, 0) is 16.1 Å². The number of hydrogen-bond donors (Lipinski definition) is 1. The molecule has 0 aliphatic rings. The second kappa shape index (κ2) is 6.66. The normalized spacial score (nSPS) is 11.8. The van der Waals surface area contributed by atoms with Crippen LogP contribution in [-0.4, -0.2) is 17.0 Å². The summed E-state index contributed by atoms with van der Waals surface area (Å²) in [5.41, 5.74) is 1.71. The molecule has 1 aromatic carbocycles. The molecule has 98 valence electrons. The zero-order valence-corrected chi connectivity index (χ0v) is 10.7. The second-order valence-corrected chi connectivity index (χ2v) is 4.17. The van der Waals surface area contributed by atoms with E-state index in [1.165, 1.54) is 0 Å². The summed E-state index contributed by atoms with van der Waals surface area (Å²) in [7, 11) is 0. The van der Waals surface area contributed by atoms with Gasteiger partial charge in [-0.05, 0) is 24.6 Å². The molecule has 0 fully saturated rings. The minimum Gasteiger partial charge on any atom is -0.364 e. The molecular weight excluding hydrogens is 240 g/mol. The average Bonchev–Trinajstić information content (AvgIpc) is 2.47. The monoisotopic (exact) mass is 256 g/mol. The van der Waals surface area contributed by atoms with Crippen LogP contribution in [0.4, 0.5) is 5.69 Å². The van der Waals surface area contributed by atoms with Gasteiger partial charge in [0.05, 0.1) is 18.5 Å². The molecule has 0 radical (unpaired) electrons. The van der Waals surface area contributed by atoms with Gasteiger partial charge >= 0.3 is 0 Å². The Morgan fingerprint density at radius 2 is 2.05 bits per heavy atom. The molecule has 4 heteroatoms. The Morgan fingerprint density at radius 3 is 2.74 bits per heavy atom. The molecule has 1 aromatic heterocycles. The number of anilines is 1. The van der Waals surface area contributed by atoms with E-state index in [4.69, 9.17) is 4.74 Å². The lowest BCUT2D eigenvalue weighted by atomic mass is 10.2. The van der Waals surface area contributed by atoms with Crippen LogP contribution in [0.25, 0.3) is 0 Å². The predicted octanol–water partition coefficient (Wildman–Crippen LogP) is 2.63. The highest BCUT2D eigenvalue weighted by Gasteiger charge is 2.13. The van der Waals surface area contributed by atoms with E-state index in [1.807, 2.05) is 30.3 Å². The van der Waals surface area contributed by atoms with Gasteiger partial charge in [0.25, 0.3) is 5.91 Å². The van der Waals surface area contributed by atoms with Crippen LogP contribution in [0.15, 0.2) is 54.9 Å². The van der Waals surface area contributed by atoms with E-state index in [2.05, 4.69) is 10.3 Å². The highest BCUT2D eigenvalue weighted by atomic mass is 16.5. The van der Waals surface area contributed by atoms with Crippen molar-refractivity contribution in [3.63, 3.8) is 0 Å². The minimum absolute atomic E-state index is 0.177. The number of ether oxygens (including phenoxy) is 1. The van der Waals surface area contributed by atoms with Crippen molar-refractivity contribution in [2.45, 2.75) is 19.6 Å². The topological polar surface area (TPSA) is 51.2 Å². The second-order valence-electron chi connectivity index (χ2n) is 4.17. The summed E-state index contributed by atoms with van der Waals surface area (Å²) in [5.74, 6) is -0.177. The standard InChI is InChI=1S/C15H16N2O2/c1-12(19-11-13-6-3-2-4-7-13)15(18)17-14-8-5-9-16-10-14/h2-10,12H,11H2,1H3,(H,17,18)/t12-/m0/s1. The number of benzene rings is 1. The molecule has 1 N–H and O–H groups in total. The Balaban J connectivity index is 1.83. The SMILES string of the molecule is C[C@H](OCc1ccccc1)C(=O)Nc1cccnc1. The molecule has 1 heterocycles. The third-order valence-electron chi connectivity index (χ3n) is 2.64. The molecule has 0 aliphatic carbocycles. The van der Waals surface area contributed by atoms with E-state index >= 15 is 0 Å². The Bertz CT molecular complexity index is 514. The number of carbonyl (C=O) groups is 1. The number of nitrogens with one attached hydrogen (secondary N) is 1. The maximum absolute atomic E-state index is 11.9. The van der Waals surface area contributed by atoms with Crippen LogP contribution in [0.1, 0.15) is 12.5 Å². The fraction of sp³-hybridized carbons (Fsp3) is 0.200. The average molecular weight is 256 g/mol. The molecule has 2 rings (SSSR count). The van der Waals surface area contributed by atoms with Crippen molar-refractivity contribution in [3.8, 4) is 0 Å². The van der Waals surface area contributed by atoms with Gasteiger partial charge in [-0.3, -0.25) is 9.78 Å². The van der Waals surface area contributed by atoms with Crippen molar-refractivity contribution < 1.29 is 9.53 Å². The van der Waals surface area contributed by atoms with Crippen LogP contribution in [0.2, 0.25) is 0 Å². The van der Waals surface area contributed by atoms with Crippen LogP contribution in [0.3, 0.4) is 0 Å². The number of nitrogens with zero attached hydrogens (tertiary/aromatic N) is 1. The summed E-state index contributed by atoms with van der Waals surface area (Å²) < 4.78 is 5.53. The molecule has 0 aliphatic heterocycles. The highest BCUT2D eigenvalue weighted by Crippen LogP contribution is 2.07. The molecule has 1 atom stereocenters. The molecule has 4 nitrogen and oxygen atoms in total. The number of carbonyl (C=O) groups excluding carboxylic acids is 1. The minimum atomic E-state index is -0.514. The lowest BCUT2D eigenvalue weighted by Crippen LogP contribution is -2.27. The van der Waals surface area contributed by atoms with Gasteiger partial charge in [-0.15, -0.1) is 0 Å². The molecule has 1 amide bonds. The van der Waals surface area contributed by atoms with Gasteiger partial charge in [-0.2, -0.15) is 0 Å². The van der Waals surface area contributed by atoms with Crippen molar-refractivity contribution in [2.75, 3.05) is 5.32 Å². The van der Waals surface area contributed by atoms with Gasteiger partial charge in [0, 0.05) is 6.20 Å². The fourth-order valence-corrected chi connectivity index (χ4v) is 1.55. The van der Waals surface area contributed by atoms with E-state index in [0.717, 1.165) is 5.56 Å². The molecule has 0 unspecified atom stereocenters. The van der Waals surface area contributed by atoms with Gasteiger partial charge in [-0.25, -0.2) is 0 Å². The zero-order valence-electron chi connectivity index (χ0n) is 10.7. The Morgan fingerprint density at radius 1 is 1.26 bits per heavy atom. The maximum atomic E-state index is 11.9. The molecular formula is C15H16N2O2. The smallest absolute Gasteiger partial charge is 0.253 e. The van der Waals surface area contributed by atoms with Gasteiger partial charge in [0.15, 0.2) is 0 Å². The first-order valence-corrected chi connectivity index (χ1v) is 6.12. The van der Waals surface area contributed by atoms with Crippen molar-refractivity contribution in [3.05, 3.63) is 60.4 Å². The van der Waals surface area contributed by atoms with E-state index in [9.17, 15) is 4.79 Å². The molecule has 0 spiro atoms. The predicted molar refractivity (Wildman–Crippen MR) is 73.6 cm³/mol. The number of rotatable bonds is 5. The Labute approximate surface area is 112 Å². The fourth-order valence-electron chi connectivity index (χ4n) is 1.55. The van der Waals surface area contributed by atoms with Gasteiger partial charge < -0.3 is 10.1 Å². The number of hydrogen-bond acceptors (Lipinski definition) is 3. The number of amides is 1. The van der Waals surface area contributed by atoms with Gasteiger partial charge in [0.1, 0.15) is 6.10 Å². The first-order chi connectivity index (χ1) is 9.25. The lowest BCUT2D eigenvalue weighted by molar-refractivity contribution is -0.127. The summed E-state index contributed by atoms with van der Waals surface area (Å²) in [6, 6.07) is 13.3. The summed E-state index contributed by atoms with van der Waals surface area (Å²) in [6.45, 7) is 2.15. The van der Waals surface area contributed by atoms with Crippen molar-refractivity contribution in [1.29, 1.82) is 0 Å². The number of pyridine rings is 1. The summed E-state index contributed by atoms with van der Waals surface area (Å²) >= 11 is 0. The third-order valence-corrected chi connectivity index (χ3v) is 2.64. The van der Waals surface area contributed by atoms with Crippen LogP contribution in [0, 0.1) is 0 Å². The molecule has 19 heavy (non-hydrogen) atoms. The zero-order chi connectivity index (χ0) is 13.5. The number of aromatic nitrogens is 1. The van der Waals surface area contributed by atoms with Crippen molar-refractivity contribution in [1.82, 2.24) is 4.98 Å². The Hall–Kier alpha value is -2.20. The van der Waals surface area contributed by atoms with E-state index in [0.29, 0.717) is 12.3 Å². The molecule has 0 saturated heterocycles. The lowest BCUT2D eigenvalue weighted by Gasteiger charge is -2.13.